The quantitative estimate of drug-likeness (QED) is 0.404. The summed E-state index contributed by atoms with van der Waals surface area (Å²) < 4.78 is 1.44. The van der Waals surface area contributed by atoms with Crippen LogP contribution in [0.2, 0.25) is 0 Å². The molecule has 0 bridgehead atoms. The molecule has 0 aliphatic carbocycles. The number of nitrogens with zero attached hydrogens (tertiary/aromatic N) is 2. The molecule has 3 aromatic carbocycles. The Balaban J connectivity index is 1.52. The average Bonchev–Trinajstić information content (AvgIpc) is 3.28. The van der Waals surface area contributed by atoms with E-state index in [1.807, 2.05) is 12.1 Å². The monoisotopic (exact) mass is 507 g/mol. The standard InChI is InChI=1S/C31H29N3O4/c1-20(35)27(33-17-15-31(16-18-33)19-32-25-14-8-7-13-24(25)31)28-26(30(37)38)22-11-5-6-12-23(22)29(36)34(28)21-9-3-2-4-10-21/h2-14,27,32H,15-19H2,1H3,(H,37,38). The lowest BCUT2D eigenvalue weighted by molar-refractivity contribution is -0.123. The average molecular weight is 508 g/mol. The van der Waals surface area contributed by atoms with Crippen LogP contribution in [-0.2, 0) is 10.2 Å². The maximum atomic E-state index is 13.9. The van der Waals surface area contributed by atoms with Gasteiger partial charge >= 0.3 is 5.97 Å². The number of carboxylic acid groups (broad SMARTS) is 1. The van der Waals surface area contributed by atoms with E-state index in [-0.39, 0.29) is 28.0 Å². The molecule has 192 valence electrons. The van der Waals surface area contributed by atoms with Crippen LogP contribution in [0.5, 0.6) is 0 Å². The first kappa shape index (κ1) is 24.1. The fraction of sp³-hybridized carbons (Fsp3) is 0.258. The van der Waals surface area contributed by atoms with Gasteiger partial charge in [-0.05, 0) is 49.6 Å². The van der Waals surface area contributed by atoms with Crippen molar-refractivity contribution in [2.24, 2.45) is 0 Å². The molecular formula is C31H29N3O4. The number of anilines is 1. The summed E-state index contributed by atoms with van der Waals surface area (Å²) in [7, 11) is 0. The summed E-state index contributed by atoms with van der Waals surface area (Å²) in [5.74, 6) is -1.35. The Morgan fingerprint density at radius 1 is 0.895 bits per heavy atom. The van der Waals surface area contributed by atoms with Crippen LogP contribution < -0.4 is 10.9 Å². The molecule has 2 N–H and O–H groups in total. The van der Waals surface area contributed by atoms with Crippen molar-refractivity contribution in [1.29, 1.82) is 0 Å². The molecule has 0 radical (unpaired) electrons. The van der Waals surface area contributed by atoms with Gasteiger partial charge in [0, 0.05) is 47.2 Å². The minimum Gasteiger partial charge on any atom is -0.478 e. The van der Waals surface area contributed by atoms with Crippen molar-refractivity contribution >= 4 is 28.2 Å². The Morgan fingerprint density at radius 2 is 1.53 bits per heavy atom. The van der Waals surface area contributed by atoms with Gasteiger partial charge in [-0.25, -0.2) is 4.79 Å². The number of ketones is 1. The Kier molecular flexibility index (Phi) is 5.88. The van der Waals surface area contributed by atoms with Gasteiger partial charge in [-0.15, -0.1) is 0 Å². The summed E-state index contributed by atoms with van der Waals surface area (Å²) in [5, 5.41) is 14.7. The summed E-state index contributed by atoms with van der Waals surface area (Å²) in [6.07, 6.45) is 1.65. The van der Waals surface area contributed by atoms with Crippen molar-refractivity contribution in [3.63, 3.8) is 0 Å². The van der Waals surface area contributed by atoms with Gasteiger partial charge in [-0.1, -0.05) is 54.6 Å². The number of aromatic nitrogens is 1. The third-order valence-corrected chi connectivity index (χ3v) is 8.24. The van der Waals surface area contributed by atoms with Crippen molar-refractivity contribution in [3.8, 4) is 5.69 Å². The molecule has 4 aromatic rings. The molecular weight excluding hydrogens is 478 g/mol. The van der Waals surface area contributed by atoms with Crippen LogP contribution >= 0.6 is 0 Å². The van der Waals surface area contributed by atoms with E-state index in [1.54, 1.807) is 48.5 Å². The number of likely N-dealkylation sites (tertiary alicyclic amines) is 1. The second kappa shape index (κ2) is 9.26. The number of para-hydroxylation sites is 2. The summed E-state index contributed by atoms with van der Waals surface area (Å²) in [6.45, 7) is 3.54. The number of carbonyl (C=O) groups excluding carboxylic acids is 1. The predicted molar refractivity (Wildman–Crippen MR) is 147 cm³/mol. The summed E-state index contributed by atoms with van der Waals surface area (Å²) in [6, 6.07) is 23.2. The lowest BCUT2D eigenvalue weighted by Crippen LogP contribution is -2.48. The largest absolute Gasteiger partial charge is 0.478 e. The number of hydrogen-bond donors (Lipinski definition) is 2. The van der Waals surface area contributed by atoms with Crippen molar-refractivity contribution in [2.75, 3.05) is 25.0 Å². The van der Waals surface area contributed by atoms with Gasteiger partial charge in [0.1, 0.15) is 6.04 Å². The Bertz CT molecular complexity index is 1620. The number of piperidine rings is 1. The molecule has 6 rings (SSSR count). The minimum atomic E-state index is -1.16. The number of Topliss-reactive ketones (excluding diaryl/α,β-unsaturated/α-hetero) is 1. The highest BCUT2D eigenvalue weighted by Gasteiger charge is 2.44. The van der Waals surface area contributed by atoms with E-state index < -0.39 is 12.0 Å². The van der Waals surface area contributed by atoms with E-state index in [4.69, 9.17) is 0 Å². The Hall–Kier alpha value is -4.23. The predicted octanol–water partition coefficient (Wildman–Crippen LogP) is 4.78. The summed E-state index contributed by atoms with van der Waals surface area (Å²) in [5.41, 5.74) is 2.86. The molecule has 0 saturated carbocycles. The van der Waals surface area contributed by atoms with E-state index in [2.05, 4.69) is 28.4 Å². The first-order chi connectivity index (χ1) is 18.4. The number of carbonyl (C=O) groups is 2. The van der Waals surface area contributed by atoms with Gasteiger partial charge in [0.2, 0.25) is 0 Å². The van der Waals surface area contributed by atoms with Crippen molar-refractivity contribution in [3.05, 3.63) is 106 Å². The van der Waals surface area contributed by atoms with Gasteiger partial charge in [0.05, 0.1) is 11.3 Å². The maximum Gasteiger partial charge on any atom is 0.338 e. The molecule has 1 fully saturated rings. The van der Waals surface area contributed by atoms with Crippen LogP contribution in [0.1, 0.15) is 47.4 Å². The Labute approximate surface area is 220 Å². The number of aromatic carboxylic acids is 1. The number of rotatable bonds is 5. The molecule has 1 spiro atoms. The zero-order valence-corrected chi connectivity index (χ0v) is 21.2. The SMILES string of the molecule is CC(=O)C(c1c(C(=O)O)c2ccccc2c(=O)n1-c1ccccc1)N1CCC2(CC1)CNc1ccccc12. The fourth-order valence-electron chi connectivity index (χ4n) is 6.42. The molecule has 38 heavy (non-hydrogen) atoms. The van der Waals surface area contributed by atoms with E-state index in [0.717, 1.165) is 25.1 Å². The van der Waals surface area contributed by atoms with Gasteiger partial charge in [-0.3, -0.25) is 19.1 Å². The normalized spacial score (nSPS) is 17.2. The van der Waals surface area contributed by atoms with Gasteiger partial charge in [0.25, 0.3) is 5.56 Å². The molecule has 1 aromatic heterocycles. The minimum absolute atomic E-state index is 0.00239. The van der Waals surface area contributed by atoms with Gasteiger partial charge in [-0.2, -0.15) is 0 Å². The highest BCUT2D eigenvalue weighted by molar-refractivity contribution is 6.06. The molecule has 3 heterocycles. The number of benzene rings is 3. The first-order valence-electron chi connectivity index (χ1n) is 13.0. The molecule has 7 heteroatoms. The van der Waals surface area contributed by atoms with Crippen LogP contribution in [-0.4, -0.2) is 46.0 Å². The molecule has 2 aliphatic rings. The van der Waals surface area contributed by atoms with Crippen molar-refractivity contribution in [1.82, 2.24) is 9.47 Å². The second-order valence-corrected chi connectivity index (χ2v) is 10.3. The lowest BCUT2D eigenvalue weighted by atomic mass is 9.74. The maximum absolute atomic E-state index is 13.9. The van der Waals surface area contributed by atoms with Gasteiger partial charge < -0.3 is 10.4 Å². The summed E-state index contributed by atoms with van der Waals surface area (Å²) >= 11 is 0. The fourth-order valence-corrected chi connectivity index (χ4v) is 6.42. The summed E-state index contributed by atoms with van der Waals surface area (Å²) in [4.78, 5) is 42.2. The first-order valence-corrected chi connectivity index (χ1v) is 13.0. The van der Waals surface area contributed by atoms with Crippen LogP contribution in [0.25, 0.3) is 16.5 Å². The van der Waals surface area contributed by atoms with Crippen LogP contribution in [0.3, 0.4) is 0 Å². The van der Waals surface area contributed by atoms with E-state index in [9.17, 15) is 19.5 Å². The third kappa shape index (κ3) is 3.73. The smallest absolute Gasteiger partial charge is 0.338 e. The topological polar surface area (TPSA) is 91.6 Å². The number of hydrogen-bond acceptors (Lipinski definition) is 5. The third-order valence-electron chi connectivity index (χ3n) is 8.24. The molecule has 1 saturated heterocycles. The highest BCUT2D eigenvalue weighted by atomic mass is 16.4. The number of carboxylic acids is 1. The zero-order chi connectivity index (χ0) is 26.4. The lowest BCUT2D eigenvalue weighted by Gasteiger charge is -2.42. The molecule has 1 atom stereocenters. The second-order valence-electron chi connectivity index (χ2n) is 10.3. The van der Waals surface area contributed by atoms with Crippen LogP contribution in [0.4, 0.5) is 5.69 Å². The highest BCUT2D eigenvalue weighted by Crippen LogP contribution is 2.45. The molecule has 1 unspecified atom stereocenters. The van der Waals surface area contributed by atoms with Crippen molar-refractivity contribution < 1.29 is 14.7 Å². The zero-order valence-electron chi connectivity index (χ0n) is 21.2. The van der Waals surface area contributed by atoms with Crippen LogP contribution in [0, 0.1) is 0 Å². The van der Waals surface area contributed by atoms with E-state index in [0.29, 0.717) is 29.5 Å². The van der Waals surface area contributed by atoms with Gasteiger partial charge in [0.15, 0.2) is 5.78 Å². The molecule has 0 amide bonds. The van der Waals surface area contributed by atoms with E-state index in [1.165, 1.54) is 17.1 Å². The van der Waals surface area contributed by atoms with Crippen molar-refractivity contribution in [2.45, 2.75) is 31.2 Å². The Morgan fingerprint density at radius 3 is 2.21 bits per heavy atom. The number of nitrogens with one attached hydrogen (secondary N) is 1. The molecule has 7 nitrogen and oxygen atoms in total. The molecule has 2 aliphatic heterocycles. The number of pyridine rings is 1. The van der Waals surface area contributed by atoms with E-state index >= 15 is 0 Å². The number of fused-ring (bicyclic) bond motifs is 3. The van der Waals surface area contributed by atoms with Crippen LogP contribution in [0.15, 0.2) is 83.7 Å².